The van der Waals surface area contributed by atoms with Gasteiger partial charge in [0.2, 0.25) is 21.8 Å². The Morgan fingerprint density at radius 1 is 1.09 bits per heavy atom. The number of halogens is 1. The van der Waals surface area contributed by atoms with Crippen molar-refractivity contribution in [3.8, 4) is 0 Å². The molecule has 1 atom stereocenters. The average Bonchev–Trinajstić information content (AvgIpc) is 2.76. The number of hydrogen-bond acceptors (Lipinski definition) is 4. The first-order valence-electron chi connectivity index (χ1n) is 11.4. The molecular formula is C25H34ClN3O4S. The maximum absolute atomic E-state index is 13.6. The molecule has 0 aliphatic carbocycles. The highest BCUT2D eigenvalue weighted by Crippen LogP contribution is 2.23. The molecule has 1 N–H and O–H groups in total. The van der Waals surface area contributed by atoms with E-state index in [1.165, 1.54) is 11.0 Å². The molecule has 0 saturated carbocycles. The first kappa shape index (κ1) is 27.7. The Labute approximate surface area is 208 Å². The van der Waals surface area contributed by atoms with Gasteiger partial charge in [-0.25, -0.2) is 8.42 Å². The highest BCUT2D eigenvalue weighted by atomic mass is 35.5. The van der Waals surface area contributed by atoms with Gasteiger partial charge in [0.05, 0.1) is 11.9 Å². The summed E-state index contributed by atoms with van der Waals surface area (Å²) in [5.41, 5.74) is 2.18. The predicted octanol–water partition coefficient (Wildman–Crippen LogP) is 4.14. The molecule has 34 heavy (non-hydrogen) atoms. The molecule has 9 heteroatoms. The van der Waals surface area contributed by atoms with Crippen LogP contribution in [-0.4, -0.2) is 50.5 Å². The van der Waals surface area contributed by atoms with Gasteiger partial charge in [0, 0.05) is 18.1 Å². The van der Waals surface area contributed by atoms with Crippen LogP contribution in [0.5, 0.6) is 0 Å². The number of amides is 2. The smallest absolute Gasteiger partial charge is 0.244 e. The lowest BCUT2D eigenvalue weighted by Gasteiger charge is -2.33. The van der Waals surface area contributed by atoms with Crippen molar-refractivity contribution in [1.29, 1.82) is 0 Å². The zero-order valence-corrected chi connectivity index (χ0v) is 21.8. The van der Waals surface area contributed by atoms with Crippen molar-refractivity contribution >= 4 is 39.1 Å². The lowest BCUT2D eigenvalue weighted by atomic mass is 10.1. The molecular weight excluding hydrogens is 474 g/mol. The molecule has 0 bridgehead atoms. The van der Waals surface area contributed by atoms with E-state index in [9.17, 15) is 18.0 Å². The molecule has 2 rings (SSSR count). The van der Waals surface area contributed by atoms with Crippen LogP contribution in [0.2, 0.25) is 5.02 Å². The van der Waals surface area contributed by atoms with Gasteiger partial charge in [-0.15, -0.1) is 0 Å². The molecule has 0 spiro atoms. The Kier molecular flexibility index (Phi) is 10.4. The summed E-state index contributed by atoms with van der Waals surface area (Å²) in [5.74, 6) is -0.713. The number of nitrogens with zero attached hydrogens (tertiary/aromatic N) is 2. The molecule has 2 amide bonds. The van der Waals surface area contributed by atoms with E-state index in [4.69, 9.17) is 11.6 Å². The third kappa shape index (κ3) is 8.02. The molecule has 7 nitrogen and oxygen atoms in total. The number of unbranched alkanes of at least 4 members (excludes halogenated alkanes) is 1. The van der Waals surface area contributed by atoms with Gasteiger partial charge < -0.3 is 10.2 Å². The van der Waals surface area contributed by atoms with Crippen LogP contribution >= 0.6 is 11.6 Å². The van der Waals surface area contributed by atoms with E-state index in [2.05, 4.69) is 5.32 Å². The largest absolute Gasteiger partial charge is 0.354 e. The van der Waals surface area contributed by atoms with E-state index in [-0.39, 0.29) is 12.5 Å². The van der Waals surface area contributed by atoms with E-state index in [0.29, 0.717) is 23.7 Å². The quantitative estimate of drug-likeness (QED) is 0.437. The molecule has 0 saturated heterocycles. The van der Waals surface area contributed by atoms with Gasteiger partial charge in [0.1, 0.15) is 12.6 Å². The summed E-state index contributed by atoms with van der Waals surface area (Å²) in [5, 5.41) is 3.27. The molecule has 0 aliphatic rings. The standard InChI is InChI=1S/C25H34ClN3O4S/c1-5-7-14-27-25(31)23(6-2)28(17-20-11-8-10-19(3)15-20)24(30)18-29(34(4,32)33)22-13-9-12-21(26)16-22/h8-13,15-16,23H,5-7,14,17-18H2,1-4H3,(H,27,31). The van der Waals surface area contributed by atoms with Gasteiger partial charge >= 0.3 is 0 Å². The molecule has 0 fully saturated rings. The molecule has 186 valence electrons. The maximum atomic E-state index is 13.6. The Hall–Kier alpha value is -2.58. The lowest BCUT2D eigenvalue weighted by Crippen LogP contribution is -2.52. The van der Waals surface area contributed by atoms with Crippen LogP contribution in [0.25, 0.3) is 0 Å². The number of carbonyl (C=O) groups is 2. The van der Waals surface area contributed by atoms with Gasteiger partial charge in [0.25, 0.3) is 0 Å². The van der Waals surface area contributed by atoms with Crippen molar-refractivity contribution in [3.63, 3.8) is 0 Å². The van der Waals surface area contributed by atoms with Crippen molar-refractivity contribution in [3.05, 3.63) is 64.7 Å². The Morgan fingerprint density at radius 2 is 1.79 bits per heavy atom. The second-order valence-electron chi connectivity index (χ2n) is 8.33. The van der Waals surface area contributed by atoms with Crippen LogP contribution in [0.3, 0.4) is 0 Å². The second-order valence-corrected chi connectivity index (χ2v) is 10.7. The number of aryl methyl sites for hydroxylation is 1. The Balaban J connectivity index is 2.40. The van der Waals surface area contributed by atoms with Crippen molar-refractivity contribution in [1.82, 2.24) is 10.2 Å². The van der Waals surface area contributed by atoms with Gasteiger partial charge in [-0.1, -0.05) is 67.8 Å². The van der Waals surface area contributed by atoms with Gasteiger partial charge in [0.15, 0.2) is 0 Å². The summed E-state index contributed by atoms with van der Waals surface area (Å²) in [7, 11) is -3.79. The van der Waals surface area contributed by atoms with E-state index in [0.717, 1.165) is 34.5 Å². The fourth-order valence-corrected chi connectivity index (χ4v) is 4.70. The van der Waals surface area contributed by atoms with Gasteiger partial charge in [-0.2, -0.15) is 0 Å². The van der Waals surface area contributed by atoms with E-state index >= 15 is 0 Å². The summed E-state index contributed by atoms with van der Waals surface area (Å²) < 4.78 is 26.2. The van der Waals surface area contributed by atoms with Crippen LogP contribution in [0.15, 0.2) is 48.5 Å². The van der Waals surface area contributed by atoms with Crippen LogP contribution in [0.1, 0.15) is 44.2 Å². The fraction of sp³-hybridized carbons (Fsp3) is 0.440. The number of hydrogen-bond donors (Lipinski definition) is 1. The molecule has 2 aromatic rings. The SMILES string of the molecule is CCCCNC(=O)C(CC)N(Cc1cccc(C)c1)C(=O)CN(c1cccc(Cl)c1)S(C)(=O)=O. The van der Waals surface area contributed by atoms with Crippen LogP contribution < -0.4 is 9.62 Å². The van der Waals surface area contributed by atoms with Crippen molar-refractivity contribution in [2.45, 2.75) is 52.6 Å². The molecule has 2 aromatic carbocycles. The van der Waals surface area contributed by atoms with Crippen LogP contribution in [-0.2, 0) is 26.2 Å². The minimum Gasteiger partial charge on any atom is -0.354 e. The molecule has 0 aliphatic heterocycles. The third-order valence-corrected chi connectivity index (χ3v) is 6.80. The number of anilines is 1. The first-order chi connectivity index (χ1) is 16.1. The molecule has 1 unspecified atom stereocenters. The fourth-order valence-electron chi connectivity index (χ4n) is 3.68. The Bertz CT molecular complexity index is 1090. The third-order valence-electron chi connectivity index (χ3n) is 5.43. The lowest BCUT2D eigenvalue weighted by molar-refractivity contribution is -0.140. The summed E-state index contributed by atoms with van der Waals surface area (Å²) in [6.45, 7) is 6.10. The van der Waals surface area contributed by atoms with Crippen molar-refractivity contribution in [2.75, 3.05) is 23.7 Å². The molecule has 0 radical (unpaired) electrons. The van der Waals surface area contributed by atoms with Gasteiger partial charge in [-0.05, 0) is 43.5 Å². The predicted molar refractivity (Wildman–Crippen MR) is 137 cm³/mol. The number of carbonyl (C=O) groups excluding carboxylic acids is 2. The average molecular weight is 508 g/mol. The summed E-state index contributed by atoms with van der Waals surface area (Å²) >= 11 is 6.07. The molecule has 0 aromatic heterocycles. The minimum absolute atomic E-state index is 0.188. The van der Waals surface area contributed by atoms with Crippen molar-refractivity contribution in [2.24, 2.45) is 0 Å². The van der Waals surface area contributed by atoms with Gasteiger partial charge in [-0.3, -0.25) is 13.9 Å². The van der Waals surface area contributed by atoms with E-state index < -0.39 is 28.5 Å². The normalized spacial score (nSPS) is 12.1. The zero-order chi connectivity index (χ0) is 25.3. The van der Waals surface area contributed by atoms with E-state index in [1.807, 2.05) is 45.0 Å². The monoisotopic (exact) mass is 507 g/mol. The number of sulfonamides is 1. The summed E-state index contributed by atoms with van der Waals surface area (Å²) in [6, 6.07) is 13.3. The molecule has 0 heterocycles. The number of nitrogens with one attached hydrogen (secondary N) is 1. The van der Waals surface area contributed by atoms with Crippen LogP contribution in [0.4, 0.5) is 5.69 Å². The number of rotatable bonds is 12. The number of benzene rings is 2. The summed E-state index contributed by atoms with van der Waals surface area (Å²) in [4.78, 5) is 28.1. The topological polar surface area (TPSA) is 86.8 Å². The van der Waals surface area contributed by atoms with E-state index in [1.54, 1.807) is 18.2 Å². The van der Waals surface area contributed by atoms with Crippen molar-refractivity contribution < 1.29 is 18.0 Å². The highest BCUT2D eigenvalue weighted by Gasteiger charge is 2.31. The Morgan fingerprint density at radius 3 is 2.38 bits per heavy atom. The highest BCUT2D eigenvalue weighted by molar-refractivity contribution is 7.92. The minimum atomic E-state index is -3.79. The maximum Gasteiger partial charge on any atom is 0.244 e. The zero-order valence-electron chi connectivity index (χ0n) is 20.3. The summed E-state index contributed by atoms with van der Waals surface area (Å²) in [6.07, 6.45) is 3.21. The second kappa shape index (κ2) is 12.8. The van der Waals surface area contributed by atoms with Crippen LogP contribution in [0, 0.1) is 6.92 Å². The first-order valence-corrected chi connectivity index (χ1v) is 13.7.